The van der Waals surface area contributed by atoms with E-state index in [0.29, 0.717) is 24.8 Å². The minimum absolute atomic E-state index is 0. The molecular weight excluding hydrogens is 290 g/mol. The molecular formula is C15H22ClN3O2. The van der Waals surface area contributed by atoms with Gasteiger partial charge >= 0.3 is 0 Å². The predicted octanol–water partition coefficient (Wildman–Crippen LogP) is 0.955. The fourth-order valence-corrected chi connectivity index (χ4v) is 3.51. The van der Waals surface area contributed by atoms with Gasteiger partial charge in [-0.25, -0.2) is 0 Å². The Morgan fingerprint density at radius 1 is 1.29 bits per heavy atom. The Morgan fingerprint density at radius 2 is 2.10 bits per heavy atom. The molecule has 5 nitrogen and oxygen atoms in total. The highest BCUT2D eigenvalue weighted by Crippen LogP contribution is 2.35. The maximum absolute atomic E-state index is 12.2. The largest absolute Gasteiger partial charge is 0.342 e. The molecule has 2 aliphatic rings. The molecule has 3 rings (SSSR count). The number of fused-ring (bicyclic) bond motifs is 4. The molecule has 1 unspecified atom stereocenters. The van der Waals surface area contributed by atoms with Crippen LogP contribution in [-0.4, -0.2) is 35.0 Å². The third kappa shape index (κ3) is 3.14. The molecule has 0 spiro atoms. The molecule has 21 heavy (non-hydrogen) atoms. The number of halogens is 1. The highest BCUT2D eigenvalue weighted by molar-refractivity contribution is 5.85. The molecule has 1 amide bonds. The average Bonchev–Trinajstić information content (AvgIpc) is 2.46. The average molecular weight is 312 g/mol. The summed E-state index contributed by atoms with van der Waals surface area (Å²) in [5, 5.41) is 0. The summed E-state index contributed by atoms with van der Waals surface area (Å²) in [5.74, 6) is 0.915. The summed E-state index contributed by atoms with van der Waals surface area (Å²) in [7, 11) is 0. The number of rotatable bonds is 3. The molecule has 1 saturated heterocycles. The van der Waals surface area contributed by atoms with Crippen LogP contribution in [0.3, 0.4) is 0 Å². The van der Waals surface area contributed by atoms with Crippen molar-refractivity contribution < 1.29 is 4.79 Å². The van der Waals surface area contributed by atoms with E-state index in [1.165, 1.54) is 0 Å². The lowest BCUT2D eigenvalue weighted by Crippen LogP contribution is -2.49. The van der Waals surface area contributed by atoms with Gasteiger partial charge in [0.25, 0.3) is 5.56 Å². The van der Waals surface area contributed by atoms with Crippen molar-refractivity contribution in [1.82, 2.24) is 9.47 Å². The van der Waals surface area contributed by atoms with E-state index in [1.807, 2.05) is 21.6 Å². The molecule has 2 atom stereocenters. The predicted molar refractivity (Wildman–Crippen MR) is 83.7 cm³/mol. The maximum atomic E-state index is 12.2. The molecule has 0 aromatic carbocycles. The number of nitrogens with zero attached hydrogens (tertiary/aromatic N) is 2. The van der Waals surface area contributed by atoms with Crippen LogP contribution >= 0.6 is 12.4 Å². The minimum atomic E-state index is 0. The number of hydrogen-bond donors (Lipinski definition) is 1. The number of nitrogens with two attached hydrogens (primary N) is 1. The number of aromatic nitrogens is 1. The number of hydrogen-bond acceptors (Lipinski definition) is 3. The molecule has 2 bridgehead atoms. The summed E-state index contributed by atoms with van der Waals surface area (Å²) < 4.78 is 1.89. The molecule has 3 heterocycles. The van der Waals surface area contributed by atoms with E-state index in [2.05, 4.69) is 0 Å². The first kappa shape index (κ1) is 16.0. The van der Waals surface area contributed by atoms with Gasteiger partial charge in [-0.15, -0.1) is 12.4 Å². The monoisotopic (exact) mass is 311 g/mol. The van der Waals surface area contributed by atoms with Crippen molar-refractivity contribution in [2.24, 2.45) is 11.7 Å². The molecule has 0 saturated carbocycles. The first-order chi connectivity index (χ1) is 9.69. The van der Waals surface area contributed by atoms with Gasteiger partial charge in [-0.3, -0.25) is 9.59 Å². The van der Waals surface area contributed by atoms with Gasteiger partial charge in [-0.1, -0.05) is 6.07 Å². The van der Waals surface area contributed by atoms with Gasteiger partial charge in [0.1, 0.15) is 0 Å². The van der Waals surface area contributed by atoms with Crippen molar-refractivity contribution in [2.75, 3.05) is 19.6 Å². The Balaban J connectivity index is 0.00000161. The molecule has 2 aliphatic heterocycles. The van der Waals surface area contributed by atoms with Gasteiger partial charge in [0.2, 0.25) is 5.91 Å². The first-order valence-corrected chi connectivity index (χ1v) is 7.36. The molecule has 1 fully saturated rings. The second-order valence-electron chi connectivity index (χ2n) is 5.89. The number of pyridine rings is 1. The van der Waals surface area contributed by atoms with Crippen molar-refractivity contribution in [1.29, 1.82) is 0 Å². The van der Waals surface area contributed by atoms with Crippen molar-refractivity contribution in [3.05, 3.63) is 34.2 Å². The quantitative estimate of drug-likeness (QED) is 0.904. The molecule has 0 aliphatic carbocycles. The zero-order valence-electron chi connectivity index (χ0n) is 12.0. The zero-order chi connectivity index (χ0) is 14.1. The third-order valence-corrected chi connectivity index (χ3v) is 4.43. The Labute approximate surface area is 130 Å². The fraction of sp³-hybridized carbons (Fsp3) is 0.600. The second-order valence-corrected chi connectivity index (χ2v) is 5.89. The number of carbonyl (C=O) groups is 1. The molecule has 0 radical (unpaired) electrons. The first-order valence-electron chi connectivity index (χ1n) is 7.36. The Kier molecular flexibility index (Phi) is 5.06. The van der Waals surface area contributed by atoms with E-state index in [1.54, 1.807) is 6.07 Å². The van der Waals surface area contributed by atoms with Crippen LogP contribution in [0.15, 0.2) is 23.0 Å². The minimum Gasteiger partial charge on any atom is -0.342 e. The molecule has 1 aromatic rings. The third-order valence-electron chi connectivity index (χ3n) is 4.43. The van der Waals surface area contributed by atoms with Crippen LogP contribution in [0.25, 0.3) is 0 Å². The van der Waals surface area contributed by atoms with Gasteiger partial charge in [0.05, 0.1) is 0 Å². The van der Waals surface area contributed by atoms with Crippen molar-refractivity contribution in [2.45, 2.75) is 31.7 Å². The van der Waals surface area contributed by atoms with Gasteiger partial charge in [-0.2, -0.15) is 0 Å². The van der Waals surface area contributed by atoms with E-state index in [9.17, 15) is 9.59 Å². The highest BCUT2D eigenvalue weighted by atomic mass is 35.5. The number of piperidine rings is 1. The van der Waals surface area contributed by atoms with E-state index in [-0.39, 0.29) is 23.9 Å². The number of carbonyl (C=O) groups excluding carboxylic acids is 1. The highest BCUT2D eigenvalue weighted by Gasteiger charge is 2.35. The SMILES string of the molecule is Cl.NCCCC(=O)N1CC2C[C@@H](C1)c1cccc(=O)n1C2. The van der Waals surface area contributed by atoms with Crippen LogP contribution in [0, 0.1) is 5.92 Å². The summed E-state index contributed by atoms with van der Waals surface area (Å²) in [5.41, 5.74) is 6.64. The molecule has 116 valence electrons. The lowest BCUT2D eigenvalue weighted by Gasteiger charge is -2.42. The van der Waals surface area contributed by atoms with E-state index in [0.717, 1.165) is 38.2 Å². The van der Waals surface area contributed by atoms with Crippen LogP contribution in [0.2, 0.25) is 0 Å². The van der Waals surface area contributed by atoms with E-state index >= 15 is 0 Å². The standard InChI is InChI=1S/C15H21N3O2.ClH/c16-6-2-5-14(19)17-8-11-7-12(10-17)13-3-1-4-15(20)18(13)9-11;/h1,3-4,11-12H,2,5-10,16H2;1H/t11?,12-;/m0./s1. The van der Waals surface area contributed by atoms with E-state index in [4.69, 9.17) is 5.73 Å². The van der Waals surface area contributed by atoms with E-state index < -0.39 is 0 Å². The van der Waals surface area contributed by atoms with Gasteiger partial charge < -0.3 is 15.2 Å². The van der Waals surface area contributed by atoms with Crippen LogP contribution in [0.4, 0.5) is 0 Å². The van der Waals surface area contributed by atoms with Gasteiger partial charge in [0.15, 0.2) is 0 Å². The summed E-state index contributed by atoms with van der Waals surface area (Å²) >= 11 is 0. The summed E-state index contributed by atoms with van der Waals surface area (Å²) in [4.78, 5) is 26.1. The van der Waals surface area contributed by atoms with Crippen molar-refractivity contribution >= 4 is 18.3 Å². The smallest absolute Gasteiger partial charge is 0.250 e. The molecule has 6 heteroatoms. The van der Waals surface area contributed by atoms with Crippen LogP contribution < -0.4 is 11.3 Å². The molecule has 1 aromatic heterocycles. The van der Waals surface area contributed by atoms with Gasteiger partial charge in [0, 0.05) is 43.7 Å². The maximum Gasteiger partial charge on any atom is 0.250 e. The van der Waals surface area contributed by atoms with Crippen LogP contribution in [0.5, 0.6) is 0 Å². The fourth-order valence-electron chi connectivity index (χ4n) is 3.51. The lowest BCUT2D eigenvalue weighted by atomic mass is 9.83. The van der Waals surface area contributed by atoms with Crippen molar-refractivity contribution in [3.8, 4) is 0 Å². The topological polar surface area (TPSA) is 68.3 Å². The van der Waals surface area contributed by atoms with Crippen molar-refractivity contribution in [3.63, 3.8) is 0 Å². The summed E-state index contributed by atoms with van der Waals surface area (Å²) in [6.45, 7) is 2.82. The normalized spacial score (nSPS) is 23.2. The molecule has 2 N–H and O–H groups in total. The Hall–Kier alpha value is -1.33. The Bertz CT molecular complexity index is 572. The lowest BCUT2D eigenvalue weighted by molar-refractivity contribution is -0.134. The zero-order valence-corrected chi connectivity index (χ0v) is 12.8. The van der Waals surface area contributed by atoms with Crippen LogP contribution in [-0.2, 0) is 11.3 Å². The van der Waals surface area contributed by atoms with Crippen LogP contribution in [0.1, 0.15) is 30.9 Å². The summed E-state index contributed by atoms with van der Waals surface area (Å²) in [6, 6.07) is 5.47. The Morgan fingerprint density at radius 3 is 2.86 bits per heavy atom. The summed E-state index contributed by atoms with van der Waals surface area (Å²) in [6.07, 6.45) is 2.38. The number of likely N-dealkylation sites (tertiary alicyclic amines) is 1. The van der Waals surface area contributed by atoms with Gasteiger partial charge in [-0.05, 0) is 31.4 Å². The number of amides is 1. The second kappa shape index (κ2) is 6.62.